The topological polar surface area (TPSA) is 136 Å². The van der Waals surface area contributed by atoms with Gasteiger partial charge in [0.2, 0.25) is 10.0 Å². The molecule has 0 aliphatic heterocycles. The van der Waals surface area contributed by atoms with Crippen LogP contribution in [0.15, 0.2) is 102 Å². The summed E-state index contributed by atoms with van der Waals surface area (Å²) in [6.45, 7) is 0. The normalized spacial score (nSPS) is 11.1. The molecule has 7 nitrogen and oxygen atoms in total. The number of sulfonamides is 1. The van der Waals surface area contributed by atoms with Crippen molar-refractivity contribution in [3.8, 4) is 22.6 Å². The molecule has 0 amide bonds. The van der Waals surface area contributed by atoms with Crippen LogP contribution in [0.1, 0.15) is 21.5 Å². The monoisotopic (exact) mass is 471 g/mol. The molecule has 8 heteroatoms. The molecule has 0 saturated carbocycles. The molecule has 0 aliphatic rings. The number of benzene rings is 4. The van der Waals surface area contributed by atoms with Gasteiger partial charge >= 0.3 is 0 Å². The second-order valence-corrected chi connectivity index (χ2v) is 8.99. The molecule has 4 rings (SSSR count). The molecule has 5 N–H and O–H groups in total. The molecule has 0 radical (unpaired) electrons. The van der Waals surface area contributed by atoms with Crippen LogP contribution >= 0.6 is 0 Å². The van der Waals surface area contributed by atoms with Gasteiger partial charge in [-0.15, -0.1) is 0 Å². The third-order valence-corrected chi connectivity index (χ3v) is 6.15. The van der Waals surface area contributed by atoms with Crippen molar-refractivity contribution in [2.45, 2.75) is 4.90 Å². The Morgan fingerprint density at radius 3 is 1.88 bits per heavy atom. The predicted octanol–water partition coefficient (Wildman–Crippen LogP) is 4.31. The number of rotatable bonds is 7. The van der Waals surface area contributed by atoms with Gasteiger partial charge in [-0.3, -0.25) is 10.2 Å². The standard InChI is InChI=1S/C26H21N3O4S/c27-26(28)21-9-2-5-11-23(21)33-22-10-4-1-8-20(22)25(30)18-15-13-17(14-16-18)19-7-3-6-12-24(19)34(29,31)32/h1-16H,(H3,27,28)(H2,29,31,32). The number of nitrogen functional groups attached to an aromatic ring is 1. The first-order chi connectivity index (χ1) is 16.3. The molecule has 0 bridgehead atoms. The van der Waals surface area contributed by atoms with Crippen molar-refractivity contribution in [1.82, 2.24) is 0 Å². The Balaban J connectivity index is 1.67. The lowest BCUT2D eigenvalue weighted by molar-refractivity contribution is 0.103. The second-order valence-electron chi connectivity index (χ2n) is 7.46. The highest BCUT2D eigenvalue weighted by Crippen LogP contribution is 2.31. The number of ether oxygens (including phenoxy) is 1. The minimum atomic E-state index is -3.90. The Morgan fingerprint density at radius 1 is 0.735 bits per heavy atom. The predicted molar refractivity (Wildman–Crippen MR) is 131 cm³/mol. The van der Waals surface area contributed by atoms with Gasteiger partial charge in [0.05, 0.1) is 16.0 Å². The summed E-state index contributed by atoms with van der Waals surface area (Å²) in [4.78, 5) is 13.3. The first-order valence-electron chi connectivity index (χ1n) is 10.2. The number of carbonyl (C=O) groups is 1. The van der Waals surface area contributed by atoms with Crippen molar-refractivity contribution in [2.24, 2.45) is 10.9 Å². The van der Waals surface area contributed by atoms with E-state index in [4.69, 9.17) is 21.0 Å². The lowest BCUT2D eigenvalue weighted by Gasteiger charge is -2.13. The van der Waals surface area contributed by atoms with E-state index >= 15 is 0 Å². The summed E-state index contributed by atoms with van der Waals surface area (Å²) in [5, 5.41) is 13.1. The van der Waals surface area contributed by atoms with Crippen LogP contribution in [0.5, 0.6) is 11.5 Å². The van der Waals surface area contributed by atoms with E-state index in [1.165, 1.54) is 6.07 Å². The summed E-state index contributed by atoms with van der Waals surface area (Å²) < 4.78 is 29.8. The van der Waals surface area contributed by atoms with Crippen LogP contribution in [-0.4, -0.2) is 20.0 Å². The average Bonchev–Trinajstić information content (AvgIpc) is 2.84. The Hall–Kier alpha value is -4.27. The van der Waals surface area contributed by atoms with E-state index in [0.717, 1.165) is 0 Å². The van der Waals surface area contributed by atoms with E-state index in [1.807, 2.05) is 0 Å². The Bertz CT molecular complexity index is 1500. The number of amidine groups is 1. The molecule has 0 atom stereocenters. The van der Waals surface area contributed by atoms with E-state index in [-0.39, 0.29) is 16.5 Å². The van der Waals surface area contributed by atoms with Crippen LogP contribution in [0.4, 0.5) is 0 Å². The maximum atomic E-state index is 13.3. The molecule has 0 aliphatic carbocycles. The molecule has 0 unspecified atom stereocenters. The third kappa shape index (κ3) is 4.73. The fourth-order valence-electron chi connectivity index (χ4n) is 3.55. The fraction of sp³-hybridized carbons (Fsp3) is 0. The summed E-state index contributed by atoms with van der Waals surface area (Å²) in [5.41, 5.74) is 7.86. The molecule has 0 heterocycles. The van der Waals surface area contributed by atoms with Crippen molar-refractivity contribution in [3.05, 3.63) is 114 Å². The maximum absolute atomic E-state index is 13.3. The quantitative estimate of drug-likeness (QED) is 0.210. The Kier molecular flexibility index (Phi) is 6.27. The number of nitrogens with one attached hydrogen (secondary N) is 1. The molecule has 0 fully saturated rings. The molecule has 0 spiro atoms. The first kappa shape index (κ1) is 22.9. The second kappa shape index (κ2) is 9.30. The summed E-state index contributed by atoms with van der Waals surface area (Å²) in [7, 11) is -3.90. The van der Waals surface area contributed by atoms with Gasteiger partial charge in [-0.1, -0.05) is 66.7 Å². The number of hydrogen-bond donors (Lipinski definition) is 3. The van der Waals surface area contributed by atoms with E-state index < -0.39 is 10.0 Å². The number of para-hydroxylation sites is 2. The highest BCUT2D eigenvalue weighted by atomic mass is 32.2. The highest BCUT2D eigenvalue weighted by Gasteiger charge is 2.18. The van der Waals surface area contributed by atoms with Crippen molar-refractivity contribution in [3.63, 3.8) is 0 Å². The minimum absolute atomic E-state index is 0.0111. The van der Waals surface area contributed by atoms with Crippen LogP contribution in [0.25, 0.3) is 11.1 Å². The zero-order valence-electron chi connectivity index (χ0n) is 17.9. The van der Waals surface area contributed by atoms with Crippen molar-refractivity contribution in [2.75, 3.05) is 0 Å². The van der Waals surface area contributed by atoms with E-state index in [1.54, 1.807) is 91.0 Å². The minimum Gasteiger partial charge on any atom is -0.456 e. The lowest BCUT2D eigenvalue weighted by atomic mass is 9.99. The smallest absolute Gasteiger partial charge is 0.238 e. The summed E-state index contributed by atoms with van der Waals surface area (Å²) >= 11 is 0. The van der Waals surface area contributed by atoms with Crippen LogP contribution in [-0.2, 0) is 10.0 Å². The number of nitrogens with two attached hydrogens (primary N) is 2. The zero-order valence-corrected chi connectivity index (χ0v) is 18.8. The number of hydrogen-bond acceptors (Lipinski definition) is 5. The van der Waals surface area contributed by atoms with Gasteiger partial charge in [-0.05, 0) is 35.9 Å². The number of ketones is 1. The molecule has 170 valence electrons. The summed E-state index contributed by atoms with van der Waals surface area (Å²) in [6, 6.07) is 26.6. The van der Waals surface area contributed by atoms with Gasteiger partial charge in [-0.2, -0.15) is 0 Å². The van der Waals surface area contributed by atoms with Crippen LogP contribution in [0.3, 0.4) is 0 Å². The first-order valence-corrected chi connectivity index (χ1v) is 11.8. The SMILES string of the molecule is N=C(N)c1ccccc1Oc1ccccc1C(=O)c1ccc(-c2ccccc2S(N)(=O)=O)cc1. The molecular formula is C26H21N3O4S. The van der Waals surface area contributed by atoms with Gasteiger partial charge < -0.3 is 10.5 Å². The Morgan fingerprint density at radius 2 is 1.26 bits per heavy atom. The number of primary sulfonamides is 1. The fourth-order valence-corrected chi connectivity index (χ4v) is 4.31. The number of carbonyl (C=O) groups excluding carboxylic acids is 1. The van der Waals surface area contributed by atoms with E-state index in [2.05, 4.69) is 0 Å². The van der Waals surface area contributed by atoms with Crippen molar-refractivity contribution >= 4 is 21.6 Å². The summed E-state index contributed by atoms with van der Waals surface area (Å²) in [6.07, 6.45) is 0. The van der Waals surface area contributed by atoms with Crippen molar-refractivity contribution in [1.29, 1.82) is 5.41 Å². The largest absolute Gasteiger partial charge is 0.456 e. The zero-order chi connectivity index (χ0) is 24.3. The lowest BCUT2D eigenvalue weighted by Crippen LogP contribution is -2.13. The van der Waals surface area contributed by atoms with Crippen LogP contribution in [0, 0.1) is 5.41 Å². The summed E-state index contributed by atoms with van der Waals surface area (Å²) in [5.74, 6) is 0.270. The maximum Gasteiger partial charge on any atom is 0.238 e. The third-order valence-electron chi connectivity index (χ3n) is 5.18. The van der Waals surface area contributed by atoms with E-state index in [9.17, 15) is 13.2 Å². The van der Waals surface area contributed by atoms with Gasteiger partial charge in [0, 0.05) is 11.1 Å². The van der Waals surface area contributed by atoms with Gasteiger partial charge in [0.1, 0.15) is 17.3 Å². The molecular weight excluding hydrogens is 450 g/mol. The van der Waals surface area contributed by atoms with Gasteiger partial charge in [-0.25, -0.2) is 13.6 Å². The van der Waals surface area contributed by atoms with E-state index in [0.29, 0.717) is 39.3 Å². The van der Waals surface area contributed by atoms with Gasteiger partial charge in [0.15, 0.2) is 5.78 Å². The highest BCUT2D eigenvalue weighted by molar-refractivity contribution is 7.89. The van der Waals surface area contributed by atoms with Crippen LogP contribution in [0.2, 0.25) is 0 Å². The molecule has 4 aromatic carbocycles. The van der Waals surface area contributed by atoms with Crippen LogP contribution < -0.4 is 15.6 Å². The molecule has 0 aromatic heterocycles. The molecule has 0 saturated heterocycles. The molecule has 34 heavy (non-hydrogen) atoms. The average molecular weight is 472 g/mol. The molecule has 4 aromatic rings. The Labute approximate surface area is 197 Å². The van der Waals surface area contributed by atoms with Crippen molar-refractivity contribution < 1.29 is 17.9 Å². The van der Waals surface area contributed by atoms with Gasteiger partial charge in [0.25, 0.3) is 0 Å².